The molecule has 0 saturated heterocycles. The number of hydrogen-bond donors (Lipinski definition) is 0. The van der Waals surface area contributed by atoms with Crippen LogP contribution in [-0.2, 0) is 0 Å². The van der Waals surface area contributed by atoms with Crippen molar-refractivity contribution in [3.63, 3.8) is 0 Å². The second-order valence-corrected chi connectivity index (χ2v) is 3.82. The van der Waals surface area contributed by atoms with Gasteiger partial charge in [0.25, 0.3) is 0 Å². The summed E-state index contributed by atoms with van der Waals surface area (Å²) in [6, 6.07) is 0. The molecular formula is C11H16N2. The summed E-state index contributed by atoms with van der Waals surface area (Å²) in [6.45, 7) is 0. The maximum Gasteiger partial charge on any atom is 0.0617 e. The molecule has 1 fully saturated rings. The van der Waals surface area contributed by atoms with Crippen LogP contribution in [0.15, 0.2) is 18.6 Å². The van der Waals surface area contributed by atoms with Crippen molar-refractivity contribution in [2.45, 2.75) is 44.4 Å². The van der Waals surface area contributed by atoms with Crippen molar-refractivity contribution < 1.29 is 0 Å². The van der Waals surface area contributed by atoms with E-state index in [9.17, 15) is 0 Å². The summed E-state index contributed by atoms with van der Waals surface area (Å²) in [5.41, 5.74) is 1.20. The predicted octanol–water partition coefficient (Wildman–Crippen LogP) is 2.91. The summed E-state index contributed by atoms with van der Waals surface area (Å²) < 4.78 is 0. The number of hydrogen-bond acceptors (Lipinski definition) is 2. The van der Waals surface area contributed by atoms with Crippen molar-refractivity contribution >= 4 is 0 Å². The lowest BCUT2D eigenvalue weighted by Gasteiger charge is -2.11. The quantitative estimate of drug-likeness (QED) is 0.615. The maximum absolute atomic E-state index is 4.38. The van der Waals surface area contributed by atoms with Gasteiger partial charge >= 0.3 is 0 Å². The van der Waals surface area contributed by atoms with Crippen LogP contribution in [0.4, 0.5) is 0 Å². The van der Waals surface area contributed by atoms with Gasteiger partial charge in [0.15, 0.2) is 0 Å². The zero-order valence-electron chi connectivity index (χ0n) is 7.95. The highest BCUT2D eigenvalue weighted by atomic mass is 14.8. The Hall–Kier alpha value is -0.920. The van der Waals surface area contributed by atoms with Crippen molar-refractivity contribution in [1.29, 1.82) is 0 Å². The van der Waals surface area contributed by atoms with Gasteiger partial charge in [-0.3, -0.25) is 9.97 Å². The zero-order chi connectivity index (χ0) is 8.93. The molecule has 0 aliphatic heterocycles. The van der Waals surface area contributed by atoms with E-state index in [1.165, 1.54) is 44.2 Å². The third-order valence-corrected chi connectivity index (χ3v) is 2.86. The van der Waals surface area contributed by atoms with Gasteiger partial charge in [0.1, 0.15) is 0 Å². The van der Waals surface area contributed by atoms with Crippen molar-refractivity contribution in [3.05, 3.63) is 24.3 Å². The van der Waals surface area contributed by atoms with E-state index in [0.717, 1.165) is 0 Å². The monoisotopic (exact) mass is 176 g/mol. The Bertz CT molecular complexity index is 238. The summed E-state index contributed by atoms with van der Waals surface area (Å²) in [5.74, 6) is 0.677. The minimum atomic E-state index is 0.677. The fraction of sp³-hybridized carbons (Fsp3) is 0.636. The fourth-order valence-electron chi connectivity index (χ4n) is 2.10. The molecule has 0 radical (unpaired) electrons. The van der Waals surface area contributed by atoms with Crippen LogP contribution in [0, 0.1) is 0 Å². The van der Waals surface area contributed by atoms with E-state index < -0.39 is 0 Å². The molecule has 1 aliphatic carbocycles. The van der Waals surface area contributed by atoms with E-state index in [1.54, 1.807) is 12.4 Å². The lowest BCUT2D eigenvalue weighted by atomic mass is 9.97. The molecule has 0 spiro atoms. The van der Waals surface area contributed by atoms with Gasteiger partial charge in [-0.05, 0) is 12.8 Å². The summed E-state index contributed by atoms with van der Waals surface area (Å²) >= 11 is 0. The van der Waals surface area contributed by atoms with Gasteiger partial charge in [-0.15, -0.1) is 0 Å². The third-order valence-electron chi connectivity index (χ3n) is 2.86. The lowest BCUT2D eigenvalue weighted by Crippen LogP contribution is -2.00. The Morgan fingerprint density at radius 3 is 2.38 bits per heavy atom. The SMILES string of the molecule is c1cnc(C2CCCCCC2)cn1. The highest BCUT2D eigenvalue weighted by Gasteiger charge is 2.14. The molecule has 2 rings (SSSR count). The average Bonchev–Trinajstić information content (AvgIpc) is 2.47. The lowest BCUT2D eigenvalue weighted by molar-refractivity contribution is 0.575. The molecule has 1 aromatic heterocycles. The fourth-order valence-corrected chi connectivity index (χ4v) is 2.10. The van der Waals surface area contributed by atoms with Gasteiger partial charge < -0.3 is 0 Å². The largest absolute Gasteiger partial charge is 0.261 e. The third kappa shape index (κ3) is 2.27. The summed E-state index contributed by atoms with van der Waals surface area (Å²) in [7, 11) is 0. The molecule has 1 heterocycles. The van der Waals surface area contributed by atoms with Gasteiger partial charge in [-0.25, -0.2) is 0 Å². The first kappa shape index (κ1) is 8.67. The Labute approximate surface area is 79.4 Å². The Kier molecular flexibility index (Phi) is 2.90. The molecule has 1 aromatic rings. The van der Waals surface area contributed by atoms with Crippen LogP contribution >= 0.6 is 0 Å². The Morgan fingerprint density at radius 2 is 1.77 bits per heavy atom. The highest BCUT2D eigenvalue weighted by molar-refractivity contribution is 5.03. The summed E-state index contributed by atoms with van der Waals surface area (Å²) in [4.78, 5) is 8.51. The second-order valence-electron chi connectivity index (χ2n) is 3.82. The molecule has 0 unspecified atom stereocenters. The summed E-state index contributed by atoms with van der Waals surface area (Å²) in [6.07, 6.45) is 13.6. The van der Waals surface area contributed by atoms with Crippen LogP contribution in [0.25, 0.3) is 0 Å². The minimum Gasteiger partial charge on any atom is -0.261 e. The van der Waals surface area contributed by atoms with Gasteiger partial charge in [0.05, 0.1) is 5.69 Å². The van der Waals surface area contributed by atoms with E-state index in [0.29, 0.717) is 5.92 Å². The molecule has 0 bridgehead atoms. The molecule has 0 atom stereocenters. The first-order chi connectivity index (χ1) is 6.47. The van der Waals surface area contributed by atoms with Crippen LogP contribution in [-0.4, -0.2) is 9.97 Å². The minimum absolute atomic E-state index is 0.677. The first-order valence-electron chi connectivity index (χ1n) is 5.23. The van der Waals surface area contributed by atoms with Crippen molar-refractivity contribution in [1.82, 2.24) is 9.97 Å². The maximum atomic E-state index is 4.38. The smallest absolute Gasteiger partial charge is 0.0617 e. The van der Waals surface area contributed by atoms with Gasteiger partial charge in [0, 0.05) is 24.5 Å². The molecule has 0 aromatic carbocycles. The molecule has 13 heavy (non-hydrogen) atoms. The zero-order valence-corrected chi connectivity index (χ0v) is 7.95. The van der Waals surface area contributed by atoms with Crippen LogP contribution < -0.4 is 0 Å². The molecule has 1 saturated carbocycles. The number of nitrogens with zero attached hydrogens (tertiary/aromatic N) is 2. The van der Waals surface area contributed by atoms with Crippen LogP contribution in [0.2, 0.25) is 0 Å². The van der Waals surface area contributed by atoms with Crippen molar-refractivity contribution in [2.24, 2.45) is 0 Å². The van der Waals surface area contributed by atoms with Crippen molar-refractivity contribution in [2.75, 3.05) is 0 Å². The van der Waals surface area contributed by atoms with Crippen LogP contribution in [0.5, 0.6) is 0 Å². The predicted molar refractivity (Wildman–Crippen MR) is 52.5 cm³/mol. The van der Waals surface area contributed by atoms with E-state index in [-0.39, 0.29) is 0 Å². The van der Waals surface area contributed by atoms with Gasteiger partial charge in [0.2, 0.25) is 0 Å². The van der Waals surface area contributed by atoms with E-state index in [1.807, 2.05) is 6.20 Å². The number of rotatable bonds is 1. The first-order valence-corrected chi connectivity index (χ1v) is 5.23. The number of aromatic nitrogens is 2. The molecular weight excluding hydrogens is 160 g/mol. The van der Waals surface area contributed by atoms with Crippen LogP contribution in [0.1, 0.15) is 50.1 Å². The second kappa shape index (κ2) is 4.35. The molecule has 2 nitrogen and oxygen atoms in total. The van der Waals surface area contributed by atoms with E-state index in [2.05, 4.69) is 9.97 Å². The Balaban J connectivity index is 2.06. The molecule has 1 aliphatic rings. The average molecular weight is 176 g/mol. The molecule has 2 heteroatoms. The summed E-state index contributed by atoms with van der Waals surface area (Å²) in [5, 5.41) is 0. The highest BCUT2D eigenvalue weighted by Crippen LogP contribution is 2.29. The van der Waals surface area contributed by atoms with E-state index in [4.69, 9.17) is 0 Å². The molecule has 0 amide bonds. The molecule has 0 N–H and O–H groups in total. The normalized spacial score (nSPS) is 19.7. The standard InChI is InChI=1S/C11H16N2/c1-2-4-6-10(5-3-1)11-9-12-7-8-13-11/h7-10H,1-6H2. The molecule has 70 valence electrons. The van der Waals surface area contributed by atoms with Gasteiger partial charge in [-0.2, -0.15) is 0 Å². The van der Waals surface area contributed by atoms with Crippen LogP contribution in [0.3, 0.4) is 0 Å². The Morgan fingerprint density at radius 1 is 1.00 bits per heavy atom. The van der Waals surface area contributed by atoms with E-state index >= 15 is 0 Å². The van der Waals surface area contributed by atoms with Crippen molar-refractivity contribution in [3.8, 4) is 0 Å². The topological polar surface area (TPSA) is 25.8 Å². The van der Waals surface area contributed by atoms with Gasteiger partial charge in [-0.1, -0.05) is 25.7 Å².